The topological polar surface area (TPSA) is 89.3 Å². The fraction of sp³-hybridized carbons (Fsp3) is 0.533. The van der Waals surface area contributed by atoms with E-state index in [0.717, 1.165) is 19.3 Å². The molecule has 3 atom stereocenters. The third-order valence-corrected chi connectivity index (χ3v) is 5.98. The summed E-state index contributed by atoms with van der Waals surface area (Å²) >= 11 is 0. The van der Waals surface area contributed by atoms with E-state index in [4.69, 9.17) is 5.14 Å². The maximum absolute atomic E-state index is 12.4. The number of benzene rings is 1. The lowest BCUT2D eigenvalue weighted by atomic mass is 9.88. The van der Waals surface area contributed by atoms with Crippen molar-refractivity contribution in [3.05, 3.63) is 23.8 Å². The lowest BCUT2D eigenvalue weighted by Crippen LogP contribution is -2.27. The fourth-order valence-corrected chi connectivity index (χ4v) is 4.65. The highest BCUT2D eigenvalue weighted by Gasteiger charge is 2.43. The second-order valence-electron chi connectivity index (χ2n) is 6.24. The zero-order valence-electron chi connectivity index (χ0n) is 12.0. The number of sulfonamides is 1. The maximum atomic E-state index is 12.4. The van der Waals surface area contributed by atoms with Crippen molar-refractivity contribution in [1.82, 2.24) is 0 Å². The fourth-order valence-electron chi connectivity index (χ4n) is 3.85. The lowest BCUT2D eigenvalue weighted by molar-refractivity contribution is -0.121. The molecule has 0 spiro atoms. The van der Waals surface area contributed by atoms with Crippen LogP contribution in [0.5, 0.6) is 0 Å². The smallest absolute Gasteiger partial charge is 0.238 e. The van der Waals surface area contributed by atoms with E-state index in [1.807, 2.05) is 0 Å². The van der Waals surface area contributed by atoms with Crippen LogP contribution in [0.25, 0.3) is 0 Å². The van der Waals surface area contributed by atoms with Crippen LogP contribution >= 0.6 is 0 Å². The molecule has 2 saturated carbocycles. The van der Waals surface area contributed by atoms with Gasteiger partial charge in [0.1, 0.15) is 0 Å². The number of primary sulfonamides is 1. The minimum atomic E-state index is -3.77. The Morgan fingerprint density at radius 3 is 2.62 bits per heavy atom. The summed E-state index contributed by atoms with van der Waals surface area (Å²) in [6.45, 7) is 1.66. The van der Waals surface area contributed by atoms with Gasteiger partial charge in [-0.2, -0.15) is 0 Å². The van der Waals surface area contributed by atoms with Gasteiger partial charge in [-0.25, -0.2) is 13.6 Å². The molecule has 0 aliphatic heterocycles. The van der Waals surface area contributed by atoms with Gasteiger partial charge < -0.3 is 5.32 Å². The van der Waals surface area contributed by atoms with Crippen LogP contribution < -0.4 is 10.5 Å². The molecular formula is C15H20N2O3S. The average molecular weight is 308 g/mol. The van der Waals surface area contributed by atoms with Crippen LogP contribution in [0, 0.1) is 24.7 Å². The molecule has 1 aromatic carbocycles. The Morgan fingerprint density at radius 2 is 2.05 bits per heavy atom. The number of carbonyl (C=O) groups is 1. The largest absolute Gasteiger partial charge is 0.326 e. The Bertz CT molecular complexity index is 684. The normalized spacial score (nSPS) is 27.8. The number of rotatable bonds is 3. The molecular weight excluding hydrogens is 288 g/mol. The summed E-state index contributed by atoms with van der Waals surface area (Å²) < 4.78 is 23.0. The van der Waals surface area contributed by atoms with Crippen molar-refractivity contribution >= 4 is 21.6 Å². The molecule has 0 saturated heterocycles. The summed E-state index contributed by atoms with van der Waals surface area (Å²) in [6, 6.07) is 4.77. The molecule has 21 heavy (non-hydrogen) atoms. The standard InChI is InChI=1S/C15H20N2O3S/c1-9-13(3-2-4-14(9)21(16,19)20)17-15(18)12-8-10-5-6-11(12)7-10/h2-4,10-12H,5-8H2,1H3,(H,17,18)(H2,16,19,20). The van der Waals surface area contributed by atoms with E-state index >= 15 is 0 Å². The minimum absolute atomic E-state index is 0.0110. The highest BCUT2D eigenvalue weighted by Crippen LogP contribution is 2.48. The van der Waals surface area contributed by atoms with Crippen LogP contribution in [-0.4, -0.2) is 14.3 Å². The average Bonchev–Trinajstić information content (AvgIpc) is 3.02. The predicted octanol–water partition coefficient (Wildman–Crippen LogP) is 2.02. The van der Waals surface area contributed by atoms with Crippen LogP contribution in [0.3, 0.4) is 0 Å². The van der Waals surface area contributed by atoms with Crippen LogP contribution in [0.2, 0.25) is 0 Å². The van der Waals surface area contributed by atoms with E-state index in [-0.39, 0.29) is 16.7 Å². The Balaban J connectivity index is 1.81. The second-order valence-corrected chi connectivity index (χ2v) is 7.77. The summed E-state index contributed by atoms with van der Waals surface area (Å²) in [5.41, 5.74) is 1.03. The molecule has 2 aliphatic carbocycles. The zero-order chi connectivity index (χ0) is 15.2. The van der Waals surface area contributed by atoms with Crippen molar-refractivity contribution in [3.63, 3.8) is 0 Å². The molecule has 0 aromatic heterocycles. The van der Waals surface area contributed by atoms with Gasteiger partial charge in [-0.05, 0) is 55.7 Å². The van der Waals surface area contributed by atoms with Gasteiger partial charge >= 0.3 is 0 Å². The van der Waals surface area contributed by atoms with Gasteiger partial charge in [0.15, 0.2) is 0 Å². The molecule has 3 unspecified atom stereocenters. The van der Waals surface area contributed by atoms with E-state index < -0.39 is 10.0 Å². The number of anilines is 1. The maximum Gasteiger partial charge on any atom is 0.238 e. The van der Waals surface area contributed by atoms with Gasteiger partial charge in [0.05, 0.1) is 4.90 Å². The van der Waals surface area contributed by atoms with E-state index in [1.54, 1.807) is 19.1 Å². The van der Waals surface area contributed by atoms with E-state index in [9.17, 15) is 13.2 Å². The number of fused-ring (bicyclic) bond motifs is 2. The van der Waals surface area contributed by atoms with Gasteiger partial charge in [-0.3, -0.25) is 4.79 Å². The molecule has 5 nitrogen and oxygen atoms in total. The molecule has 3 N–H and O–H groups in total. The first-order valence-corrected chi connectivity index (χ1v) is 8.84. The number of nitrogens with one attached hydrogen (secondary N) is 1. The number of carbonyl (C=O) groups excluding carboxylic acids is 1. The summed E-state index contributed by atoms with van der Waals surface area (Å²) in [5.74, 6) is 1.28. The highest BCUT2D eigenvalue weighted by atomic mass is 32.2. The van der Waals surface area contributed by atoms with Gasteiger partial charge in [0, 0.05) is 11.6 Å². The number of amides is 1. The zero-order valence-corrected chi connectivity index (χ0v) is 12.8. The molecule has 2 fully saturated rings. The van der Waals surface area contributed by atoms with Crippen molar-refractivity contribution in [2.45, 2.75) is 37.5 Å². The molecule has 1 aromatic rings. The summed E-state index contributed by atoms with van der Waals surface area (Å²) in [5, 5.41) is 8.08. The van der Waals surface area contributed by atoms with Crippen LogP contribution in [0.15, 0.2) is 23.1 Å². The van der Waals surface area contributed by atoms with Crippen LogP contribution in [0.1, 0.15) is 31.2 Å². The number of nitrogens with two attached hydrogens (primary N) is 1. The van der Waals surface area contributed by atoms with Gasteiger partial charge in [0.2, 0.25) is 15.9 Å². The summed E-state index contributed by atoms with van der Waals surface area (Å²) in [6.07, 6.45) is 4.51. The van der Waals surface area contributed by atoms with E-state index in [0.29, 0.717) is 23.1 Å². The van der Waals surface area contributed by atoms with Crippen molar-refractivity contribution in [3.8, 4) is 0 Å². The second kappa shape index (κ2) is 5.10. The predicted molar refractivity (Wildman–Crippen MR) is 80.1 cm³/mol. The number of hydrogen-bond acceptors (Lipinski definition) is 3. The monoisotopic (exact) mass is 308 g/mol. The van der Waals surface area contributed by atoms with Crippen LogP contribution in [-0.2, 0) is 14.8 Å². The van der Waals surface area contributed by atoms with Crippen molar-refractivity contribution in [1.29, 1.82) is 0 Å². The first kappa shape index (κ1) is 14.5. The van der Waals surface area contributed by atoms with Crippen molar-refractivity contribution < 1.29 is 13.2 Å². The first-order valence-electron chi connectivity index (χ1n) is 7.29. The first-order chi connectivity index (χ1) is 9.86. The quantitative estimate of drug-likeness (QED) is 0.895. The minimum Gasteiger partial charge on any atom is -0.326 e. The molecule has 3 rings (SSSR count). The third kappa shape index (κ3) is 2.70. The molecule has 0 heterocycles. The summed E-state index contributed by atoms with van der Waals surface area (Å²) in [4.78, 5) is 12.5. The summed E-state index contributed by atoms with van der Waals surface area (Å²) in [7, 11) is -3.77. The van der Waals surface area contributed by atoms with Crippen LogP contribution in [0.4, 0.5) is 5.69 Å². The molecule has 1 amide bonds. The molecule has 0 radical (unpaired) electrons. The SMILES string of the molecule is Cc1c(NC(=O)C2CC3CCC2C3)cccc1S(N)(=O)=O. The molecule has 2 bridgehead atoms. The van der Waals surface area contributed by atoms with Gasteiger partial charge in [-0.15, -0.1) is 0 Å². The Morgan fingerprint density at radius 1 is 1.29 bits per heavy atom. The molecule has 114 valence electrons. The molecule has 6 heteroatoms. The third-order valence-electron chi connectivity index (χ3n) is 4.92. The van der Waals surface area contributed by atoms with Gasteiger partial charge in [0.25, 0.3) is 0 Å². The van der Waals surface area contributed by atoms with Crippen molar-refractivity contribution in [2.24, 2.45) is 22.9 Å². The Kier molecular flexibility index (Phi) is 3.53. The highest BCUT2D eigenvalue weighted by molar-refractivity contribution is 7.89. The van der Waals surface area contributed by atoms with Gasteiger partial charge in [-0.1, -0.05) is 12.5 Å². The Hall–Kier alpha value is -1.40. The Labute approximate surface area is 125 Å². The van der Waals surface area contributed by atoms with E-state index in [2.05, 4.69) is 5.32 Å². The lowest BCUT2D eigenvalue weighted by Gasteiger charge is -2.21. The van der Waals surface area contributed by atoms with E-state index in [1.165, 1.54) is 12.5 Å². The molecule has 2 aliphatic rings. The number of hydrogen-bond donors (Lipinski definition) is 2. The van der Waals surface area contributed by atoms with Crippen molar-refractivity contribution in [2.75, 3.05) is 5.32 Å².